The molecule has 108 valence electrons. The van der Waals surface area contributed by atoms with E-state index >= 15 is 0 Å². The highest BCUT2D eigenvalue weighted by atomic mass is 79.9. The summed E-state index contributed by atoms with van der Waals surface area (Å²) in [5.74, 6) is 0.896. The van der Waals surface area contributed by atoms with Crippen LogP contribution in [-0.2, 0) is 13.0 Å². The van der Waals surface area contributed by atoms with E-state index < -0.39 is 0 Å². The number of rotatable bonds is 5. The lowest BCUT2D eigenvalue weighted by Crippen LogP contribution is -2.16. The Morgan fingerprint density at radius 3 is 2.90 bits per heavy atom. The molecule has 3 aromatic heterocycles. The van der Waals surface area contributed by atoms with Crippen LogP contribution in [-0.4, -0.2) is 16.5 Å². The van der Waals surface area contributed by atoms with E-state index in [9.17, 15) is 0 Å². The van der Waals surface area contributed by atoms with Gasteiger partial charge in [0.05, 0.1) is 6.54 Å². The average molecular weight is 346 g/mol. The molecular weight excluding hydrogens is 330 g/mol. The van der Waals surface area contributed by atoms with Crippen molar-refractivity contribution >= 4 is 27.0 Å². The van der Waals surface area contributed by atoms with E-state index in [1.165, 1.54) is 5.56 Å². The van der Waals surface area contributed by atoms with Gasteiger partial charge in [0.2, 0.25) is 0 Å². The predicted octanol–water partition coefficient (Wildman–Crippen LogP) is 3.63. The third kappa shape index (κ3) is 3.68. The zero-order valence-corrected chi connectivity index (χ0v) is 13.4. The monoisotopic (exact) mass is 345 g/mol. The Kier molecular flexibility index (Phi) is 4.31. The summed E-state index contributed by atoms with van der Waals surface area (Å²) >= 11 is 3.39. The van der Waals surface area contributed by atoms with Gasteiger partial charge >= 0.3 is 0 Å². The molecule has 3 aromatic rings. The minimum atomic E-state index is 0.694. The molecule has 5 heteroatoms. The Morgan fingerprint density at radius 2 is 2.10 bits per heavy atom. The molecule has 0 aliphatic heterocycles. The fourth-order valence-corrected chi connectivity index (χ4v) is 2.42. The number of hydrogen-bond donors (Lipinski definition) is 1. The third-order valence-electron chi connectivity index (χ3n) is 3.22. The summed E-state index contributed by atoms with van der Waals surface area (Å²) in [7, 11) is 0. The number of aryl methyl sites for hydroxylation is 1. The second kappa shape index (κ2) is 6.37. The first-order chi connectivity index (χ1) is 10.2. The predicted molar refractivity (Wildman–Crippen MR) is 86.1 cm³/mol. The molecule has 1 N–H and O–H groups in total. The van der Waals surface area contributed by atoms with Gasteiger partial charge in [-0.05, 0) is 40.5 Å². The van der Waals surface area contributed by atoms with Gasteiger partial charge in [0.25, 0.3) is 0 Å². The SMILES string of the molecule is Cc1ccc(CCNCc2cc3ncc(Br)cc3o2)nc1. The van der Waals surface area contributed by atoms with E-state index in [0.717, 1.165) is 40.0 Å². The van der Waals surface area contributed by atoms with E-state index in [4.69, 9.17) is 4.42 Å². The maximum atomic E-state index is 5.75. The number of nitrogens with one attached hydrogen (secondary N) is 1. The van der Waals surface area contributed by atoms with E-state index in [-0.39, 0.29) is 0 Å². The highest BCUT2D eigenvalue weighted by Crippen LogP contribution is 2.20. The van der Waals surface area contributed by atoms with Crippen LogP contribution >= 0.6 is 15.9 Å². The van der Waals surface area contributed by atoms with Gasteiger partial charge in [-0.15, -0.1) is 0 Å². The van der Waals surface area contributed by atoms with E-state index in [1.54, 1.807) is 6.20 Å². The molecule has 3 rings (SSSR count). The smallest absolute Gasteiger partial charge is 0.153 e. The third-order valence-corrected chi connectivity index (χ3v) is 3.65. The lowest BCUT2D eigenvalue weighted by molar-refractivity contribution is 0.514. The van der Waals surface area contributed by atoms with Crippen LogP contribution in [0.15, 0.2) is 45.5 Å². The standard InChI is InChI=1S/C16H16BrN3O/c1-11-2-3-13(19-8-11)4-5-18-10-14-7-15-16(21-14)6-12(17)9-20-15/h2-3,6-9,18H,4-5,10H2,1H3. The molecule has 0 saturated carbocycles. The summed E-state index contributed by atoms with van der Waals surface area (Å²) in [6.07, 6.45) is 4.58. The number of hydrogen-bond acceptors (Lipinski definition) is 4. The summed E-state index contributed by atoms with van der Waals surface area (Å²) in [4.78, 5) is 8.70. The maximum Gasteiger partial charge on any atom is 0.153 e. The summed E-state index contributed by atoms with van der Waals surface area (Å²) in [6, 6.07) is 8.06. The number of aromatic nitrogens is 2. The van der Waals surface area contributed by atoms with Gasteiger partial charge in [-0.25, -0.2) is 0 Å². The molecule has 0 aliphatic carbocycles. The molecule has 0 aromatic carbocycles. The lowest BCUT2D eigenvalue weighted by atomic mass is 10.2. The van der Waals surface area contributed by atoms with E-state index in [1.807, 2.05) is 25.3 Å². The zero-order valence-electron chi connectivity index (χ0n) is 11.8. The molecule has 3 heterocycles. The van der Waals surface area contributed by atoms with Crippen LogP contribution in [0.5, 0.6) is 0 Å². The largest absolute Gasteiger partial charge is 0.458 e. The fourth-order valence-electron chi connectivity index (χ4n) is 2.11. The van der Waals surface area contributed by atoms with Crippen molar-refractivity contribution in [3.05, 3.63) is 58.1 Å². The van der Waals surface area contributed by atoms with Crippen LogP contribution in [0.4, 0.5) is 0 Å². The zero-order chi connectivity index (χ0) is 14.7. The molecule has 0 fully saturated rings. The average Bonchev–Trinajstić information content (AvgIpc) is 2.87. The van der Waals surface area contributed by atoms with Crippen LogP contribution in [0.25, 0.3) is 11.1 Å². The fraction of sp³-hybridized carbons (Fsp3) is 0.250. The maximum absolute atomic E-state index is 5.75. The second-order valence-corrected chi connectivity index (χ2v) is 5.92. The molecule has 0 saturated heterocycles. The van der Waals surface area contributed by atoms with Gasteiger partial charge in [0, 0.05) is 41.6 Å². The topological polar surface area (TPSA) is 51.0 Å². The summed E-state index contributed by atoms with van der Waals surface area (Å²) in [5.41, 5.74) is 3.98. The molecule has 0 aliphatic rings. The molecule has 0 amide bonds. The summed E-state index contributed by atoms with van der Waals surface area (Å²) in [5, 5.41) is 3.37. The van der Waals surface area contributed by atoms with Crippen LogP contribution in [0.1, 0.15) is 17.0 Å². The Morgan fingerprint density at radius 1 is 1.19 bits per heavy atom. The first-order valence-electron chi connectivity index (χ1n) is 6.87. The van der Waals surface area contributed by atoms with Gasteiger partial charge in [0.1, 0.15) is 11.3 Å². The Balaban J connectivity index is 1.53. The minimum Gasteiger partial charge on any atom is -0.458 e. The molecule has 0 atom stereocenters. The van der Waals surface area contributed by atoms with Crippen molar-refractivity contribution in [2.24, 2.45) is 0 Å². The first-order valence-corrected chi connectivity index (χ1v) is 7.66. The van der Waals surface area contributed by atoms with Crippen molar-refractivity contribution in [1.82, 2.24) is 15.3 Å². The number of halogens is 1. The summed E-state index contributed by atoms with van der Waals surface area (Å²) in [6.45, 7) is 3.60. The Bertz CT molecular complexity index is 737. The van der Waals surface area contributed by atoms with Gasteiger partial charge in [-0.1, -0.05) is 6.07 Å². The highest BCUT2D eigenvalue weighted by Gasteiger charge is 2.05. The molecule has 0 spiro atoms. The van der Waals surface area contributed by atoms with E-state index in [0.29, 0.717) is 6.54 Å². The molecule has 0 radical (unpaired) electrons. The van der Waals surface area contributed by atoms with Crippen LogP contribution in [0.2, 0.25) is 0 Å². The van der Waals surface area contributed by atoms with Gasteiger partial charge in [-0.3, -0.25) is 9.97 Å². The molecule has 0 unspecified atom stereocenters. The molecule has 4 nitrogen and oxygen atoms in total. The first kappa shape index (κ1) is 14.2. The van der Waals surface area contributed by atoms with Crippen LogP contribution < -0.4 is 5.32 Å². The Labute approximate surface area is 131 Å². The van der Waals surface area contributed by atoms with Crippen molar-refractivity contribution in [1.29, 1.82) is 0 Å². The van der Waals surface area contributed by atoms with Crippen molar-refractivity contribution in [3.8, 4) is 0 Å². The number of furan rings is 1. The molecular formula is C16H16BrN3O. The van der Waals surface area contributed by atoms with Gasteiger partial charge in [-0.2, -0.15) is 0 Å². The van der Waals surface area contributed by atoms with Gasteiger partial charge in [0.15, 0.2) is 5.58 Å². The number of nitrogens with zero attached hydrogens (tertiary/aromatic N) is 2. The van der Waals surface area contributed by atoms with Crippen molar-refractivity contribution in [2.45, 2.75) is 19.9 Å². The number of pyridine rings is 2. The summed E-state index contributed by atoms with van der Waals surface area (Å²) < 4.78 is 6.67. The number of fused-ring (bicyclic) bond motifs is 1. The second-order valence-electron chi connectivity index (χ2n) is 5.00. The van der Waals surface area contributed by atoms with Crippen molar-refractivity contribution in [3.63, 3.8) is 0 Å². The van der Waals surface area contributed by atoms with Gasteiger partial charge < -0.3 is 9.73 Å². The molecule has 21 heavy (non-hydrogen) atoms. The Hall–Kier alpha value is -1.72. The van der Waals surface area contributed by atoms with E-state index in [2.05, 4.69) is 43.3 Å². The highest BCUT2D eigenvalue weighted by molar-refractivity contribution is 9.10. The normalized spacial score (nSPS) is 11.1. The van der Waals surface area contributed by atoms with Crippen LogP contribution in [0, 0.1) is 6.92 Å². The molecule has 0 bridgehead atoms. The minimum absolute atomic E-state index is 0.694. The van der Waals surface area contributed by atoms with Crippen molar-refractivity contribution < 1.29 is 4.42 Å². The quantitative estimate of drug-likeness (QED) is 0.717. The lowest BCUT2D eigenvalue weighted by Gasteiger charge is -2.02. The van der Waals surface area contributed by atoms with Crippen molar-refractivity contribution in [2.75, 3.05) is 6.54 Å². The van der Waals surface area contributed by atoms with Crippen LogP contribution in [0.3, 0.4) is 0 Å².